The fraction of sp³-hybridized carbons (Fsp3) is 0.667. The first-order valence-corrected chi connectivity index (χ1v) is 20.1. The van der Waals surface area contributed by atoms with Gasteiger partial charge in [0, 0.05) is 26.2 Å². The highest BCUT2D eigenvalue weighted by atomic mass is 16.2. The normalized spacial score (nSPS) is 20.6. The van der Waals surface area contributed by atoms with Gasteiger partial charge >= 0.3 is 6.03 Å². The molecule has 6 amide bonds. The first-order chi connectivity index (χ1) is 25.7. The Bertz CT molecular complexity index is 1430. The summed E-state index contributed by atoms with van der Waals surface area (Å²) in [6.07, 6.45) is 7.56. The lowest BCUT2D eigenvalue weighted by Crippen LogP contribution is -2.59. The van der Waals surface area contributed by atoms with Gasteiger partial charge in [-0.3, -0.25) is 24.0 Å². The van der Waals surface area contributed by atoms with E-state index in [0.29, 0.717) is 32.5 Å². The summed E-state index contributed by atoms with van der Waals surface area (Å²) in [6, 6.07) is 4.43. The van der Waals surface area contributed by atoms with E-state index in [9.17, 15) is 28.8 Å². The quantitative estimate of drug-likeness (QED) is 0.144. The van der Waals surface area contributed by atoms with E-state index in [0.717, 1.165) is 55.6 Å². The van der Waals surface area contributed by atoms with Crippen molar-refractivity contribution in [2.45, 2.75) is 131 Å². The third-order valence-electron chi connectivity index (χ3n) is 10.7. The molecule has 5 atom stereocenters. The number of ketones is 1. The highest BCUT2D eigenvalue weighted by Crippen LogP contribution is 2.37. The highest BCUT2D eigenvalue weighted by Gasteiger charge is 2.49. The van der Waals surface area contributed by atoms with E-state index in [2.05, 4.69) is 62.5 Å². The number of nitrogens with one attached hydrogen (secondary N) is 4. The maximum absolute atomic E-state index is 14.6. The molecule has 0 radical (unpaired) electrons. The number of hydrogen-bond acceptors (Lipinski definition) is 6. The number of amides is 6. The van der Waals surface area contributed by atoms with Gasteiger partial charge in [0.05, 0.1) is 12.6 Å². The summed E-state index contributed by atoms with van der Waals surface area (Å²) in [5.74, 6) is -1.94. The zero-order valence-corrected chi connectivity index (χ0v) is 33.7. The summed E-state index contributed by atoms with van der Waals surface area (Å²) in [7, 11) is 0. The van der Waals surface area contributed by atoms with E-state index in [1.807, 2.05) is 38.1 Å². The van der Waals surface area contributed by atoms with E-state index in [1.165, 1.54) is 6.08 Å². The largest absolute Gasteiger partial charge is 0.346 e. The summed E-state index contributed by atoms with van der Waals surface area (Å²) >= 11 is 0. The Kier molecular flexibility index (Phi) is 17.7. The van der Waals surface area contributed by atoms with E-state index >= 15 is 0 Å². The smallest absolute Gasteiger partial charge is 0.315 e. The van der Waals surface area contributed by atoms with Crippen molar-refractivity contribution in [2.75, 3.05) is 19.6 Å². The van der Waals surface area contributed by atoms with Crippen molar-refractivity contribution in [2.24, 2.45) is 29.6 Å². The minimum atomic E-state index is -1.03. The summed E-state index contributed by atoms with van der Waals surface area (Å²) in [5.41, 5.74) is 2.17. The van der Waals surface area contributed by atoms with E-state index in [4.69, 9.17) is 0 Å². The third kappa shape index (κ3) is 12.4. The summed E-state index contributed by atoms with van der Waals surface area (Å²) in [4.78, 5) is 84.0. The number of Topliss-reactive ketones (excluding diaryl/α,β-unsaturated/α-hetero) is 1. The standard InChI is InChI=1S/C38H56N6O6.C4H10/c1-6-8-18-30(34(46)36(48)39-19-7-2)41-35(47)33-25(5)29(24(3)4)23-44(33)37(49)32(26-14-10-9-11-15-26)42-38(50)40-20-31(45)43-21-27-16-12-13-17-28(27)22-43;1-4(2)3/h7,12-13,16-17,24-26,29-30,32-33H,2,6,8-11,14-15,18-23H2,1,3-5H3,(H,39,48)(H,41,47)(H2,40,42,50);4H,1-3H3/t25?,29-,30?,32?,33?;/m1./s1. The fourth-order valence-electron chi connectivity index (χ4n) is 7.79. The summed E-state index contributed by atoms with van der Waals surface area (Å²) in [6.45, 7) is 19.3. The zero-order valence-electron chi connectivity index (χ0n) is 33.7. The lowest BCUT2D eigenvalue weighted by molar-refractivity contribution is -0.144. The number of fused-ring (bicyclic) bond motifs is 1. The average Bonchev–Trinajstić information content (AvgIpc) is 3.74. The van der Waals surface area contributed by atoms with Crippen LogP contribution in [0.2, 0.25) is 0 Å². The van der Waals surface area contributed by atoms with Crippen LogP contribution in [-0.2, 0) is 37.1 Å². The predicted molar refractivity (Wildman–Crippen MR) is 211 cm³/mol. The predicted octanol–water partition coefficient (Wildman–Crippen LogP) is 5.10. The second kappa shape index (κ2) is 21.6. The molecule has 1 saturated heterocycles. The third-order valence-corrected chi connectivity index (χ3v) is 10.7. The average molecular weight is 751 g/mol. The van der Waals surface area contributed by atoms with Crippen LogP contribution >= 0.6 is 0 Å². The van der Waals surface area contributed by atoms with Crippen molar-refractivity contribution in [1.29, 1.82) is 0 Å². The monoisotopic (exact) mass is 751 g/mol. The number of rotatable bonds is 15. The van der Waals surface area contributed by atoms with Gasteiger partial charge in [-0.2, -0.15) is 0 Å². The molecular formula is C42H66N6O6. The number of carbonyl (C=O) groups excluding carboxylic acids is 6. The SMILES string of the molecule is C=CCNC(=O)C(=O)C(CCCC)NC(=O)C1C(C)[C@@H](C(C)C)CN1C(=O)C(NC(=O)NCC(=O)N1Cc2ccccc2C1)C1CCCCC1.CC(C)C. The molecule has 3 aliphatic rings. The van der Waals surface area contributed by atoms with Gasteiger partial charge in [0.2, 0.25) is 23.5 Å². The highest BCUT2D eigenvalue weighted by molar-refractivity contribution is 6.38. The lowest BCUT2D eigenvalue weighted by atomic mass is 9.83. The minimum Gasteiger partial charge on any atom is -0.346 e. The molecule has 12 heteroatoms. The van der Waals surface area contributed by atoms with Crippen LogP contribution < -0.4 is 21.3 Å². The second-order valence-electron chi connectivity index (χ2n) is 16.2. The number of nitrogens with zero attached hydrogens (tertiary/aromatic N) is 2. The maximum atomic E-state index is 14.6. The number of likely N-dealkylation sites (tertiary alicyclic amines) is 1. The molecule has 1 aromatic rings. The van der Waals surface area contributed by atoms with Crippen LogP contribution in [0.3, 0.4) is 0 Å². The molecule has 1 saturated carbocycles. The summed E-state index contributed by atoms with van der Waals surface area (Å²) < 4.78 is 0. The first kappa shape index (κ1) is 44.2. The Balaban J connectivity index is 0.00000186. The Morgan fingerprint density at radius 2 is 1.52 bits per heavy atom. The van der Waals surface area contributed by atoms with Gasteiger partial charge in [-0.25, -0.2) is 4.79 Å². The summed E-state index contributed by atoms with van der Waals surface area (Å²) in [5, 5.41) is 10.9. The molecular weight excluding hydrogens is 684 g/mol. The van der Waals surface area contributed by atoms with Gasteiger partial charge in [-0.05, 0) is 60.0 Å². The van der Waals surface area contributed by atoms with Gasteiger partial charge in [0.25, 0.3) is 5.91 Å². The van der Waals surface area contributed by atoms with Crippen LogP contribution in [0.5, 0.6) is 0 Å². The van der Waals surface area contributed by atoms with E-state index in [1.54, 1.807) is 9.80 Å². The van der Waals surface area contributed by atoms with E-state index in [-0.39, 0.29) is 48.6 Å². The first-order valence-electron chi connectivity index (χ1n) is 20.1. The molecule has 2 fully saturated rings. The van der Waals surface area contributed by atoms with Crippen molar-refractivity contribution in [3.05, 3.63) is 48.0 Å². The molecule has 54 heavy (non-hydrogen) atoms. The van der Waals surface area contributed by atoms with Gasteiger partial charge in [-0.1, -0.05) is 111 Å². The molecule has 0 aromatic heterocycles. The molecule has 2 heterocycles. The van der Waals surface area contributed by atoms with Crippen molar-refractivity contribution in [3.8, 4) is 0 Å². The minimum absolute atomic E-state index is 0.00146. The number of carbonyl (C=O) groups is 6. The number of urea groups is 1. The molecule has 300 valence electrons. The van der Waals surface area contributed by atoms with Crippen molar-refractivity contribution >= 4 is 35.4 Å². The molecule has 1 aromatic carbocycles. The molecule has 0 bridgehead atoms. The molecule has 4 N–H and O–H groups in total. The number of unbranched alkanes of at least 4 members (excludes halogenated alkanes) is 1. The lowest BCUT2D eigenvalue weighted by Gasteiger charge is -2.35. The molecule has 4 unspecified atom stereocenters. The topological polar surface area (TPSA) is 157 Å². The molecule has 0 spiro atoms. The molecule has 2 aliphatic heterocycles. The fourth-order valence-corrected chi connectivity index (χ4v) is 7.79. The number of benzene rings is 1. The molecule has 12 nitrogen and oxygen atoms in total. The van der Waals surface area contributed by atoms with Gasteiger partial charge in [0.1, 0.15) is 12.1 Å². The Morgan fingerprint density at radius 1 is 0.907 bits per heavy atom. The van der Waals surface area contributed by atoms with Crippen LogP contribution in [0.1, 0.15) is 111 Å². The Morgan fingerprint density at radius 3 is 2.07 bits per heavy atom. The zero-order chi connectivity index (χ0) is 39.9. The maximum Gasteiger partial charge on any atom is 0.315 e. The Labute approximate surface area is 323 Å². The van der Waals surface area contributed by atoms with Gasteiger partial charge in [0.15, 0.2) is 0 Å². The van der Waals surface area contributed by atoms with Crippen molar-refractivity contribution in [3.63, 3.8) is 0 Å². The Hall–Kier alpha value is -4.22. The van der Waals surface area contributed by atoms with E-state index < -0.39 is 41.8 Å². The van der Waals surface area contributed by atoms with Crippen LogP contribution in [0.4, 0.5) is 4.79 Å². The molecule has 1 aliphatic carbocycles. The van der Waals surface area contributed by atoms with Crippen LogP contribution in [-0.4, -0.2) is 83.0 Å². The number of hydrogen-bond donors (Lipinski definition) is 4. The van der Waals surface area contributed by atoms with Crippen LogP contribution in [0.25, 0.3) is 0 Å². The van der Waals surface area contributed by atoms with Crippen LogP contribution in [0.15, 0.2) is 36.9 Å². The molecule has 4 rings (SSSR count). The van der Waals surface area contributed by atoms with Gasteiger partial charge in [-0.15, -0.1) is 6.58 Å². The second-order valence-corrected chi connectivity index (χ2v) is 16.2. The van der Waals surface area contributed by atoms with Crippen molar-refractivity contribution in [1.82, 2.24) is 31.1 Å². The van der Waals surface area contributed by atoms with Gasteiger partial charge < -0.3 is 31.1 Å². The van der Waals surface area contributed by atoms with Crippen molar-refractivity contribution < 1.29 is 28.8 Å². The van der Waals surface area contributed by atoms with Crippen LogP contribution in [0, 0.1) is 29.6 Å².